The van der Waals surface area contributed by atoms with Crippen LogP contribution in [0.5, 0.6) is 5.75 Å². The van der Waals surface area contributed by atoms with Gasteiger partial charge in [-0.25, -0.2) is 0 Å². The summed E-state index contributed by atoms with van der Waals surface area (Å²) in [6, 6.07) is 6.49. The highest BCUT2D eigenvalue weighted by molar-refractivity contribution is 7.84. The van der Waals surface area contributed by atoms with E-state index in [1.165, 1.54) is 5.56 Å². The predicted molar refractivity (Wildman–Crippen MR) is 83.6 cm³/mol. The second kappa shape index (κ2) is 9.10. The molecule has 1 aromatic carbocycles. The highest BCUT2D eigenvalue weighted by Gasteiger charge is 2.09. The van der Waals surface area contributed by atoms with E-state index in [1.807, 2.05) is 12.1 Å². The molecule has 0 aliphatic rings. The highest BCUT2D eigenvalue weighted by atomic mass is 32.2. The fourth-order valence-electron chi connectivity index (χ4n) is 1.80. The molecule has 0 spiro atoms. The van der Waals surface area contributed by atoms with Gasteiger partial charge in [0.15, 0.2) is 0 Å². The normalized spacial score (nSPS) is 12.7. The minimum absolute atomic E-state index is 0.441. The summed E-state index contributed by atoms with van der Waals surface area (Å²) >= 11 is 0. The number of nitrogens with one attached hydrogen (secondary N) is 1. The molecule has 0 aliphatic heterocycles. The zero-order chi connectivity index (χ0) is 15.0. The molecule has 20 heavy (non-hydrogen) atoms. The first kappa shape index (κ1) is 17.1. The van der Waals surface area contributed by atoms with E-state index in [0.29, 0.717) is 24.2 Å². The van der Waals surface area contributed by atoms with Crippen LogP contribution in [0.4, 0.5) is 0 Å². The van der Waals surface area contributed by atoms with Gasteiger partial charge in [-0.2, -0.15) is 0 Å². The molecule has 0 radical (unpaired) electrons. The van der Waals surface area contributed by atoms with Crippen LogP contribution < -0.4 is 10.1 Å². The fourth-order valence-corrected chi connectivity index (χ4v) is 2.87. The van der Waals surface area contributed by atoms with E-state index in [9.17, 15) is 4.21 Å². The molecule has 1 N–H and O–H groups in total. The largest absolute Gasteiger partial charge is 0.496 e. The molecule has 0 fully saturated rings. The zero-order valence-electron chi connectivity index (χ0n) is 12.8. The Morgan fingerprint density at radius 2 is 2.05 bits per heavy atom. The summed E-state index contributed by atoms with van der Waals surface area (Å²) in [7, 11) is 2.33. The molecule has 1 aromatic rings. The van der Waals surface area contributed by atoms with Crippen molar-refractivity contribution in [3.8, 4) is 5.75 Å². The Labute approximate surface area is 124 Å². The smallest absolute Gasteiger partial charge is 0.123 e. The third-order valence-corrected chi connectivity index (χ3v) is 4.15. The van der Waals surface area contributed by atoms with Crippen LogP contribution in [-0.4, -0.2) is 36.8 Å². The maximum absolute atomic E-state index is 12.0. The molecule has 0 saturated heterocycles. The molecule has 4 nitrogen and oxygen atoms in total. The Morgan fingerprint density at radius 1 is 1.30 bits per heavy atom. The Balaban J connectivity index is 2.75. The number of ether oxygens (including phenoxy) is 2. The first-order valence-corrected chi connectivity index (χ1v) is 8.28. The Kier molecular flexibility index (Phi) is 7.80. The number of hydrogen-bond acceptors (Lipinski definition) is 4. The van der Waals surface area contributed by atoms with Gasteiger partial charge in [-0.1, -0.05) is 19.9 Å². The van der Waals surface area contributed by atoms with Gasteiger partial charge in [0.25, 0.3) is 0 Å². The van der Waals surface area contributed by atoms with Gasteiger partial charge >= 0.3 is 0 Å². The van der Waals surface area contributed by atoms with Gasteiger partial charge in [0.2, 0.25) is 0 Å². The van der Waals surface area contributed by atoms with Gasteiger partial charge in [0.05, 0.1) is 19.5 Å². The summed E-state index contributed by atoms with van der Waals surface area (Å²) in [5.74, 6) is 1.85. The average Bonchev–Trinajstić information content (AvgIpc) is 2.43. The molecule has 0 aromatic heterocycles. The van der Waals surface area contributed by atoms with Crippen LogP contribution in [0.1, 0.15) is 25.0 Å². The second-order valence-corrected chi connectivity index (χ2v) is 6.54. The van der Waals surface area contributed by atoms with Crippen molar-refractivity contribution < 1.29 is 13.7 Å². The molecule has 0 amide bonds. The van der Waals surface area contributed by atoms with Crippen molar-refractivity contribution in [2.24, 2.45) is 0 Å². The lowest BCUT2D eigenvalue weighted by atomic mass is 10.1. The van der Waals surface area contributed by atoms with Crippen molar-refractivity contribution in [1.82, 2.24) is 5.32 Å². The molecule has 5 heteroatoms. The van der Waals surface area contributed by atoms with Gasteiger partial charge in [-0.15, -0.1) is 0 Å². The van der Waals surface area contributed by atoms with E-state index in [-0.39, 0.29) is 0 Å². The van der Waals surface area contributed by atoms with Gasteiger partial charge < -0.3 is 14.8 Å². The van der Waals surface area contributed by atoms with E-state index in [4.69, 9.17) is 9.47 Å². The van der Waals surface area contributed by atoms with Crippen molar-refractivity contribution in [2.45, 2.75) is 32.2 Å². The average molecular weight is 299 g/mol. The van der Waals surface area contributed by atoms with Crippen molar-refractivity contribution >= 4 is 10.8 Å². The molecule has 0 bridgehead atoms. The Morgan fingerprint density at radius 3 is 2.65 bits per heavy atom. The third-order valence-electron chi connectivity index (χ3n) is 2.89. The summed E-state index contributed by atoms with van der Waals surface area (Å²) in [6.45, 7) is 5.55. The third kappa shape index (κ3) is 6.03. The second-order valence-electron chi connectivity index (χ2n) is 4.96. The molecular formula is C15H25NO3S. The van der Waals surface area contributed by atoms with Crippen molar-refractivity contribution in [3.63, 3.8) is 0 Å². The zero-order valence-corrected chi connectivity index (χ0v) is 13.6. The van der Waals surface area contributed by atoms with Crippen LogP contribution in [0.3, 0.4) is 0 Å². The van der Waals surface area contributed by atoms with E-state index < -0.39 is 10.8 Å². The molecular weight excluding hydrogens is 274 g/mol. The van der Waals surface area contributed by atoms with E-state index in [2.05, 4.69) is 25.2 Å². The Hall–Kier alpha value is -0.910. The van der Waals surface area contributed by atoms with Crippen molar-refractivity contribution in [2.75, 3.05) is 26.6 Å². The quantitative estimate of drug-likeness (QED) is 0.758. The first-order chi connectivity index (χ1) is 9.56. The minimum atomic E-state index is -0.929. The van der Waals surface area contributed by atoms with Crippen LogP contribution in [0.2, 0.25) is 0 Å². The lowest BCUT2D eigenvalue weighted by Gasteiger charge is -2.12. The first-order valence-electron chi connectivity index (χ1n) is 6.80. The highest BCUT2D eigenvalue weighted by Crippen LogP contribution is 2.21. The lowest BCUT2D eigenvalue weighted by molar-refractivity contribution is 0.218. The summed E-state index contributed by atoms with van der Waals surface area (Å²) < 4.78 is 22.3. The number of methoxy groups -OCH3 is 2. The van der Waals surface area contributed by atoms with Crippen LogP contribution in [-0.2, 0) is 27.8 Å². The lowest BCUT2D eigenvalue weighted by Crippen LogP contribution is -2.21. The minimum Gasteiger partial charge on any atom is -0.496 e. The molecule has 0 heterocycles. The van der Waals surface area contributed by atoms with Crippen molar-refractivity contribution in [3.05, 3.63) is 29.3 Å². The maximum atomic E-state index is 12.0. The molecule has 1 rings (SSSR count). The fraction of sp³-hybridized carbons (Fsp3) is 0.600. The van der Waals surface area contributed by atoms with E-state index in [1.54, 1.807) is 14.2 Å². The van der Waals surface area contributed by atoms with E-state index >= 15 is 0 Å². The standard InChI is InChI=1S/C15H25NO3S/c1-12(2)16-10-13-5-6-15(19-4)14(9-13)11-20(17)8-7-18-3/h5-6,9,12,16H,7-8,10-11H2,1-4H3. The van der Waals surface area contributed by atoms with Crippen LogP contribution in [0, 0.1) is 0 Å². The molecule has 1 unspecified atom stereocenters. The molecule has 0 saturated carbocycles. The molecule has 114 valence electrons. The summed E-state index contributed by atoms with van der Waals surface area (Å²) in [6.07, 6.45) is 0. The SMILES string of the molecule is COCCS(=O)Cc1cc(CNC(C)C)ccc1OC. The van der Waals surface area contributed by atoms with Gasteiger partial charge in [-0.05, 0) is 17.7 Å². The maximum Gasteiger partial charge on any atom is 0.123 e. The van der Waals surface area contributed by atoms with Gasteiger partial charge in [-0.3, -0.25) is 4.21 Å². The Bertz CT molecular complexity index is 435. The number of hydrogen-bond donors (Lipinski definition) is 1. The monoisotopic (exact) mass is 299 g/mol. The summed E-state index contributed by atoms with van der Waals surface area (Å²) in [5, 5.41) is 3.38. The van der Waals surface area contributed by atoms with Crippen LogP contribution in [0.15, 0.2) is 18.2 Å². The van der Waals surface area contributed by atoms with Crippen molar-refractivity contribution in [1.29, 1.82) is 0 Å². The predicted octanol–water partition coefficient (Wildman–Crippen LogP) is 2.09. The van der Waals surface area contributed by atoms with Gasteiger partial charge in [0.1, 0.15) is 5.75 Å². The van der Waals surface area contributed by atoms with Crippen LogP contribution >= 0.6 is 0 Å². The number of benzene rings is 1. The summed E-state index contributed by atoms with van der Waals surface area (Å²) in [4.78, 5) is 0. The summed E-state index contributed by atoms with van der Waals surface area (Å²) in [5.41, 5.74) is 2.17. The van der Waals surface area contributed by atoms with Gasteiger partial charge in [0, 0.05) is 41.8 Å². The van der Waals surface area contributed by atoms with E-state index in [0.717, 1.165) is 17.9 Å². The number of rotatable bonds is 9. The van der Waals surface area contributed by atoms with Crippen LogP contribution in [0.25, 0.3) is 0 Å². The molecule has 1 atom stereocenters. The topological polar surface area (TPSA) is 47.6 Å². The molecule has 0 aliphatic carbocycles.